The van der Waals surface area contributed by atoms with Crippen molar-refractivity contribution >= 4 is 11.9 Å². The van der Waals surface area contributed by atoms with Crippen LogP contribution in [-0.4, -0.2) is 44.1 Å². The zero-order chi connectivity index (χ0) is 21.5. The highest BCUT2D eigenvalue weighted by Gasteiger charge is 2.43. The Kier molecular flexibility index (Phi) is 4.67. The van der Waals surface area contributed by atoms with Crippen molar-refractivity contribution < 1.29 is 22.4 Å². The van der Waals surface area contributed by atoms with E-state index in [4.69, 9.17) is 5.73 Å². The van der Waals surface area contributed by atoms with Gasteiger partial charge in [0.25, 0.3) is 5.91 Å². The van der Waals surface area contributed by atoms with Gasteiger partial charge in [-0.3, -0.25) is 4.79 Å². The summed E-state index contributed by atoms with van der Waals surface area (Å²) in [5.74, 6) is -0.414. The molecule has 7 nitrogen and oxygen atoms in total. The molecule has 1 saturated heterocycles. The summed E-state index contributed by atoms with van der Waals surface area (Å²) in [6.07, 6.45) is -4.67. The van der Waals surface area contributed by atoms with Crippen molar-refractivity contribution in [2.75, 3.05) is 18.8 Å². The van der Waals surface area contributed by atoms with E-state index in [0.717, 1.165) is 12.1 Å². The number of alkyl halides is 4. The molecule has 1 atom stereocenters. The summed E-state index contributed by atoms with van der Waals surface area (Å²) < 4.78 is 55.7. The number of likely N-dealkylation sites (tertiary alicyclic amines) is 1. The lowest BCUT2D eigenvalue weighted by atomic mass is 9.93. The predicted octanol–water partition coefficient (Wildman–Crippen LogP) is 2.97. The number of anilines is 1. The number of aromatic nitrogens is 4. The van der Waals surface area contributed by atoms with Crippen LogP contribution < -0.4 is 5.73 Å². The Hall–Kier alpha value is -3.50. The molecule has 30 heavy (non-hydrogen) atoms. The van der Waals surface area contributed by atoms with Crippen LogP contribution in [0.5, 0.6) is 0 Å². The number of halogens is 4. The molecule has 11 heteroatoms. The Morgan fingerprint density at radius 2 is 1.90 bits per heavy atom. The van der Waals surface area contributed by atoms with Crippen molar-refractivity contribution in [2.45, 2.75) is 18.3 Å². The van der Waals surface area contributed by atoms with E-state index in [1.807, 2.05) is 0 Å². The largest absolute Gasteiger partial charge is 0.416 e. The normalized spacial score (nSPS) is 19.3. The molecule has 1 fully saturated rings. The highest BCUT2D eigenvalue weighted by atomic mass is 19.4. The van der Waals surface area contributed by atoms with Crippen molar-refractivity contribution in [1.29, 1.82) is 0 Å². The summed E-state index contributed by atoms with van der Waals surface area (Å²) in [5.41, 5.74) is 3.30. The molecular formula is C19H16F4N6O. The highest BCUT2D eigenvalue weighted by molar-refractivity contribution is 5.95. The molecule has 4 rings (SSSR count). The summed E-state index contributed by atoms with van der Waals surface area (Å²) in [6, 6.07) is 10.5. The van der Waals surface area contributed by atoms with E-state index >= 15 is 4.39 Å². The second-order valence-corrected chi connectivity index (χ2v) is 7.02. The van der Waals surface area contributed by atoms with E-state index in [2.05, 4.69) is 15.5 Å². The average molecular weight is 420 g/mol. The molecule has 0 radical (unpaired) electrons. The third-order valence-corrected chi connectivity index (χ3v) is 5.05. The van der Waals surface area contributed by atoms with Crippen LogP contribution in [0.25, 0.3) is 5.69 Å². The smallest absolute Gasteiger partial charge is 0.366 e. The van der Waals surface area contributed by atoms with Gasteiger partial charge in [-0.1, -0.05) is 23.3 Å². The SMILES string of the molecule is Nc1nnnn1-c1cccc(C(=O)N2CCC(F)(c3cccc(C(F)(F)F)c3)C2)c1. The number of carbonyl (C=O) groups excluding carboxylic acids is 1. The van der Waals surface area contributed by atoms with Crippen molar-refractivity contribution in [3.05, 3.63) is 65.2 Å². The maximum absolute atomic E-state index is 15.5. The third-order valence-electron chi connectivity index (χ3n) is 5.05. The Labute approximate surface area is 168 Å². The van der Waals surface area contributed by atoms with Gasteiger partial charge in [0.2, 0.25) is 5.95 Å². The molecule has 156 valence electrons. The van der Waals surface area contributed by atoms with Crippen LogP contribution in [0.1, 0.15) is 27.9 Å². The Morgan fingerprint density at radius 3 is 2.60 bits per heavy atom. The number of hydrogen-bond donors (Lipinski definition) is 1. The van der Waals surface area contributed by atoms with E-state index in [1.54, 1.807) is 18.2 Å². The summed E-state index contributed by atoms with van der Waals surface area (Å²) >= 11 is 0. The number of benzene rings is 2. The van der Waals surface area contributed by atoms with E-state index in [9.17, 15) is 18.0 Å². The molecule has 1 amide bonds. The fourth-order valence-corrected chi connectivity index (χ4v) is 3.49. The molecule has 1 aliphatic heterocycles. The first kappa shape index (κ1) is 19.8. The minimum atomic E-state index is -4.57. The van der Waals surface area contributed by atoms with Gasteiger partial charge in [-0.2, -0.15) is 17.9 Å². The molecule has 2 heterocycles. The van der Waals surface area contributed by atoms with Gasteiger partial charge in [0.1, 0.15) is 0 Å². The number of nitrogen functional groups attached to an aromatic ring is 1. The van der Waals surface area contributed by atoms with Gasteiger partial charge in [0.15, 0.2) is 5.67 Å². The lowest BCUT2D eigenvalue weighted by Crippen LogP contribution is -2.32. The zero-order valence-corrected chi connectivity index (χ0v) is 15.5. The van der Waals surface area contributed by atoms with E-state index in [1.165, 1.54) is 27.8 Å². The number of amides is 1. The molecule has 1 unspecified atom stereocenters. The van der Waals surface area contributed by atoms with Crippen molar-refractivity contribution in [3.63, 3.8) is 0 Å². The van der Waals surface area contributed by atoms with Gasteiger partial charge in [0, 0.05) is 18.5 Å². The Morgan fingerprint density at radius 1 is 1.13 bits per heavy atom. The molecule has 0 bridgehead atoms. The van der Waals surface area contributed by atoms with Crippen molar-refractivity contribution in [3.8, 4) is 5.69 Å². The summed E-state index contributed by atoms with van der Waals surface area (Å²) in [4.78, 5) is 14.2. The lowest BCUT2D eigenvalue weighted by Gasteiger charge is -2.22. The summed E-state index contributed by atoms with van der Waals surface area (Å²) in [6.45, 7) is -0.271. The van der Waals surface area contributed by atoms with Gasteiger partial charge in [-0.05, 0) is 46.3 Å². The number of hydrogen-bond acceptors (Lipinski definition) is 5. The van der Waals surface area contributed by atoms with Crippen LogP contribution in [-0.2, 0) is 11.8 Å². The zero-order valence-electron chi connectivity index (χ0n) is 15.5. The monoisotopic (exact) mass is 420 g/mol. The van der Waals surface area contributed by atoms with E-state index < -0.39 is 23.3 Å². The molecule has 0 aliphatic carbocycles. The van der Waals surface area contributed by atoms with Crippen LogP contribution in [0.2, 0.25) is 0 Å². The third kappa shape index (κ3) is 3.58. The maximum Gasteiger partial charge on any atom is 0.416 e. The number of rotatable bonds is 3. The van der Waals surface area contributed by atoms with Crippen LogP contribution in [0.15, 0.2) is 48.5 Å². The summed E-state index contributed by atoms with van der Waals surface area (Å²) in [5, 5.41) is 10.7. The van der Waals surface area contributed by atoms with Crippen LogP contribution >= 0.6 is 0 Å². The molecule has 0 saturated carbocycles. The van der Waals surface area contributed by atoms with E-state index in [-0.39, 0.29) is 36.6 Å². The molecule has 1 aromatic heterocycles. The first-order chi connectivity index (χ1) is 14.2. The van der Waals surface area contributed by atoms with Crippen LogP contribution in [0, 0.1) is 0 Å². The van der Waals surface area contributed by atoms with Crippen LogP contribution in [0.3, 0.4) is 0 Å². The van der Waals surface area contributed by atoms with Gasteiger partial charge < -0.3 is 10.6 Å². The summed E-state index contributed by atoms with van der Waals surface area (Å²) in [7, 11) is 0. The van der Waals surface area contributed by atoms with Gasteiger partial charge in [0.05, 0.1) is 17.8 Å². The number of carbonyl (C=O) groups is 1. The minimum absolute atomic E-state index is 0.0353. The Balaban J connectivity index is 1.56. The van der Waals surface area contributed by atoms with Gasteiger partial charge in [-0.25, -0.2) is 4.39 Å². The lowest BCUT2D eigenvalue weighted by molar-refractivity contribution is -0.137. The van der Waals surface area contributed by atoms with Crippen molar-refractivity contribution in [1.82, 2.24) is 25.1 Å². The van der Waals surface area contributed by atoms with Gasteiger partial charge >= 0.3 is 6.18 Å². The van der Waals surface area contributed by atoms with Crippen molar-refractivity contribution in [2.24, 2.45) is 0 Å². The van der Waals surface area contributed by atoms with Gasteiger partial charge in [-0.15, -0.1) is 0 Å². The first-order valence-electron chi connectivity index (χ1n) is 8.98. The first-order valence-corrected chi connectivity index (χ1v) is 8.98. The second-order valence-electron chi connectivity index (χ2n) is 7.02. The fourth-order valence-electron chi connectivity index (χ4n) is 3.49. The standard InChI is InChI=1S/C19H16F4N6O/c20-18(13-4-2-5-14(10-13)19(21,22)23)7-8-28(11-18)16(30)12-3-1-6-15(9-12)29-17(24)25-26-27-29/h1-6,9-10H,7-8,11H2,(H2,24,25,27). The second kappa shape index (κ2) is 7.08. The number of nitrogens with zero attached hydrogens (tertiary/aromatic N) is 5. The molecule has 0 spiro atoms. The molecule has 3 aromatic rings. The topological polar surface area (TPSA) is 89.9 Å². The predicted molar refractivity (Wildman–Crippen MR) is 98.3 cm³/mol. The Bertz CT molecular complexity index is 1100. The molecule has 2 N–H and O–H groups in total. The molecular weight excluding hydrogens is 404 g/mol. The number of nitrogens with two attached hydrogens (primary N) is 1. The minimum Gasteiger partial charge on any atom is -0.366 e. The fraction of sp³-hybridized carbons (Fsp3) is 0.263. The van der Waals surface area contributed by atoms with E-state index in [0.29, 0.717) is 5.69 Å². The average Bonchev–Trinajstić information content (AvgIpc) is 3.34. The highest BCUT2D eigenvalue weighted by Crippen LogP contribution is 2.39. The molecule has 1 aliphatic rings. The maximum atomic E-state index is 15.5. The number of tetrazole rings is 1. The molecule has 2 aromatic carbocycles. The van der Waals surface area contributed by atoms with Crippen LogP contribution in [0.4, 0.5) is 23.5 Å². The quantitative estimate of drug-likeness (QED) is 0.658.